The molecule has 0 unspecified atom stereocenters. The van der Waals surface area contributed by atoms with E-state index in [9.17, 15) is 0 Å². The van der Waals surface area contributed by atoms with Gasteiger partial charge in [-0.2, -0.15) is 0 Å². The van der Waals surface area contributed by atoms with Crippen molar-refractivity contribution in [3.05, 3.63) is 140 Å². The first kappa shape index (κ1) is 22.5. The summed E-state index contributed by atoms with van der Waals surface area (Å²) in [4.78, 5) is 0. The lowest BCUT2D eigenvalue weighted by atomic mass is 9.93. The standard InChI is InChI=1S/C40H23NS/c1-2-9-28-27(8-1)32-13-7-12-31-26(18-19-33(28)40(31)32)24-16-20-37-34(22-24)29-10-3-5-14-36(29)41(37)25-17-21-39-35(23-25)30-11-4-6-15-38(30)42-39/h1-23H. The van der Waals surface area contributed by atoms with E-state index in [-0.39, 0.29) is 0 Å². The molecule has 1 aliphatic carbocycles. The van der Waals surface area contributed by atoms with Crippen molar-refractivity contribution in [3.63, 3.8) is 0 Å². The third-order valence-electron chi connectivity index (χ3n) is 9.15. The predicted molar refractivity (Wildman–Crippen MR) is 181 cm³/mol. The summed E-state index contributed by atoms with van der Waals surface area (Å²) in [6, 6.07) is 51.7. The zero-order chi connectivity index (χ0) is 27.4. The van der Waals surface area contributed by atoms with Crippen molar-refractivity contribution in [1.29, 1.82) is 0 Å². The second-order valence-electron chi connectivity index (χ2n) is 11.3. The fraction of sp³-hybridized carbons (Fsp3) is 0. The molecule has 1 aliphatic rings. The van der Waals surface area contributed by atoms with Crippen LogP contribution >= 0.6 is 11.3 Å². The molecule has 0 spiro atoms. The fourth-order valence-electron chi connectivity index (χ4n) is 7.33. The van der Waals surface area contributed by atoms with Crippen molar-refractivity contribution in [1.82, 2.24) is 4.57 Å². The Kier molecular flexibility index (Phi) is 4.39. The lowest BCUT2D eigenvalue weighted by Crippen LogP contribution is -1.93. The Morgan fingerprint density at radius 3 is 1.95 bits per heavy atom. The van der Waals surface area contributed by atoms with Gasteiger partial charge in [-0.15, -0.1) is 11.3 Å². The van der Waals surface area contributed by atoms with Crippen LogP contribution < -0.4 is 0 Å². The summed E-state index contributed by atoms with van der Waals surface area (Å²) in [6.07, 6.45) is 0. The quantitative estimate of drug-likeness (QED) is 0.202. The number of para-hydroxylation sites is 1. The summed E-state index contributed by atoms with van der Waals surface area (Å²) >= 11 is 1.87. The summed E-state index contributed by atoms with van der Waals surface area (Å²) in [5.74, 6) is 0. The van der Waals surface area contributed by atoms with Crippen LogP contribution in [0.2, 0.25) is 0 Å². The van der Waals surface area contributed by atoms with E-state index in [1.165, 1.54) is 91.8 Å². The van der Waals surface area contributed by atoms with E-state index >= 15 is 0 Å². The van der Waals surface area contributed by atoms with Gasteiger partial charge in [-0.1, -0.05) is 97.1 Å². The van der Waals surface area contributed by atoms with Gasteiger partial charge in [0.05, 0.1) is 11.0 Å². The molecule has 0 amide bonds. The van der Waals surface area contributed by atoms with Crippen LogP contribution in [0, 0.1) is 0 Å². The summed E-state index contributed by atoms with van der Waals surface area (Å²) in [5.41, 5.74) is 11.6. The smallest absolute Gasteiger partial charge is 0.0541 e. The van der Waals surface area contributed by atoms with Gasteiger partial charge < -0.3 is 4.57 Å². The van der Waals surface area contributed by atoms with Gasteiger partial charge in [0, 0.05) is 36.6 Å². The van der Waals surface area contributed by atoms with Crippen LogP contribution in [0.1, 0.15) is 0 Å². The Bertz CT molecular complexity index is 2550. The van der Waals surface area contributed by atoms with Crippen LogP contribution in [-0.2, 0) is 0 Å². The molecule has 42 heavy (non-hydrogen) atoms. The third kappa shape index (κ3) is 2.92. The molecule has 7 aromatic carbocycles. The average Bonchev–Trinajstić information content (AvgIpc) is 3.70. The average molecular weight is 550 g/mol. The second kappa shape index (κ2) is 8.19. The maximum Gasteiger partial charge on any atom is 0.0541 e. The molecule has 0 radical (unpaired) electrons. The second-order valence-corrected chi connectivity index (χ2v) is 12.4. The van der Waals surface area contributed by atoms with E-state index in [0.29, 0.717) is 0 Å². The van der Waals surface area contributed by atoms with Gasteiger partial charge in [-0.25, -0.2) is 0 Å². The number of hydrogen-bond donors (Lipinski definition) is 0. The normalized spacial score (nSPS) is 12.3. The Hall–Kier alpha value is -5.18. The van der Waals surface area contributed by atoms with Gasteiger partial charge in [0.15, 0.2) is 0 Å². The number of nitrogens with zero attached hydrogens (tertiary/aromatic N) is 1. The molecule has 1 nitrogen and oxygen atoms in total. The van der Waals surface area contributed by atoms with Crippen molar-refractivity contribution in [2.45, 2.75) is 0 Å². The zero-order valence-corrected chi connectivity index (χ0v) is 23.5. The van der Waals surface area contributed by atoms with Gasteiger partial charge in [-0.05, 0) is 86.6 Å². The Balaban J connectivity index is 1.22. The maximum absolute atomic E-state index is 2.43. The van der Waals surface area contributed by atoms with E-state index in [0.717, 1.165) is 0 Å². The van der Waals surface area contributed by atoms with Gasteiger partial charge >= 0.3 is 0 Å². The van der Waals surface area contributed by atoms with Crippen molar-refractivity contribution < 1.29 is 0 Å². The van der Waals surface area contributed by atoms with Crippen LogP contribution in [0.25, 0.3) is 91.8 Å². The van der Waals surface area contributed by atoms with Gasteiger partial charge in [-0.3, -0.25) is 0 Å². The first-order chi connectivity index (χ1) is 20.8. The highest BCUT2D eigenvalue weighted by Gasteiger charge is 2.22. The first-order valence-corrected chi connectivity index (χ1v) is 15.3. The number of fused-ring (bicyclic) bond motifs is 9. The molecule has 0 N–H and O–H groups in total. The van der Waals surface area contributed by atoms with Crippen LogP contribution in [-0.4, -0.2) is 4.57 Å². The lowest BCUT2D eigenvalue weighted by molar-refractivity contribution is 1.19. The summed E-state index contributed by atoms with van der Waals surface area (Å²) < 4.78 is 5.10. The Morgan fingerprint density at radius 2 is 1.05 bits per heavy atom. The number of thiophene rings is 1. The van der Waals surface area contributed by atoms with Crippen molar-refractivity contribution in [2.75, 3.05) is 0 Å². The summed E-state index contributed by atoms with van der Waals surface area (Å²) in [5, 5.41) is 7.91. The maximum atomic E-state index is 2.43. The van der Waals surface area contributed by atoms with Crippen molar-refractivity contribution in [2.24, 2.45) is 0 Å². The predicted octanol–water partition coefficient (Wildman–Crippen LogP) is 11.6. The molecule has 2 heteroatoms. The molecule has 0 aliphatic heterocycles. The molecule has 0 bridgehead atoms. The van der Waals surface area contributed by atoms with Gasteiger partial charge in [0.25, 0.3) is 0 Å². The minimum atomic E-state index is 1.20. The van der Waals surface area contributed by atoms with E-state index in [1.807, 2.05) is 11.3 Å². The highest BCUT2D eigenvalue weighted by molar-refractivity contribution is 7.25. The first-order valence-electron chi connectivity index (χ1n) is 14.4. The highest BCUT2D eigenvalue weighted by Crippen LogP contribution is 2.49. The fourth-order valence-corrected chi connectivity index (χ4v) is 8.42. The monoisotopic (exact) mass is 549 g/mol. The van der Waals surface area contributed by atoms with E-state index in [2.05, 4.69) is 144 Å². The molecule has 9 aromatic rings. The summed E-state index contributed by atoms with van der Waals surface area (Å²) in [7, 11) is 0. The molecule has 194 valence electrons. The topological polar surface area (TPSA) is 4.93 Å². The minimum absolute atomic E-state index is 1.20. The van der Waals surface area contributed by atoms with Crippen LogP contribution in [0.3, 0.4) is 0 Å². The molecule has 0 saturated heterocycles. The van der Waals surface area contributed by atoms with Crippen molar-refractivity contribution >= 4 is 64.1 Å². The van der Waals surface area contributed by atoms with E-state index < -0.39 is 0 Å². The van der Waals surface area contributed by atoms with Crippen molar-refractivity contribution in [3.8, 4) is 39.1 Å². The van der Waals surface area contributed by atoms with E-state index in [4.69, 9.17) is 0 Å². The third-order valence-corrected chi connectivity index (χ3v) is 10.3. The zero-order valence-electron chi connectivity index (χ0n) is 22.6. The van der Waals surface area contributed by atoms with Gasteiger partial charge in [0.2, 0.25) is 0 Å². The molecular formula is C40H23NS. The molecular weight excluding hydrogens is 527 g/mol. The summed E-state index contributed by atoms with van der Waals surface area (Å²) in [6.45, 7) is 0. The van der Waals surface area contributed by atoms with Crippen LogP contribution in [0.15, 0.2) is 140 Å². The molecule has 0 saturated carbocycles. The molecule has 2 aromatic heterocycles. The van der Waals surface area contributed by atoms with Gasteiger partial charge in [0.1, 0.15) is 0 Å². The molecule has 2 heterocycles. The van der Waals surface area contributed by atoms with E-state index in [1.54, 1.807) is 0 Å². The van der Waals surface area contributed by atoms with Crippen LogP contribution in [0.5, 0.6) is 0 Å². The highest BCUT2D eigenvalue weighted by atomic mass is 32.1. The molecule has 0 atom stereocenters. The number of benzene rings is 7. The largest absolute Gasteiger partial charge is 0.309 e. The Labute approximate surface area is 246 Å². The minimum Gasteiger partial charge on any atom is -0.309 e. The number of aromatic nitrogens is 1. The van der Waals surface area contributed by atoms with Crippen LogP contribution in [0.4, 0.5) is 0 Å². The molecule has 0 fully saturated rings. The number of rotatable bonds is 2. The molecule has 10 rings (SSSR count). The lowest BCUT2D eigenvalue weighted by Gasteiger charge is -2.11. The number of hydrogen-bond acceptors (Lipinski definition) is 1. The Morgan fingerprint density at radius 1 is 0.381 bits per heavy atom. The SMILES string of the molecule is c1ccc2c(c1)-c1cccc3c(-c4ccc5c(c4)c4ccccc4n5-c4ccc5sc6ccccc6c5c4)ccc-2c13.